The zero-order valence-electron chi connectivity index (χ0n) is 14.8. The van der Waals surface area contributed by atoms with Gasteiger partial charge in [-0.2, -0.15) is 14.3 Å². The summed E-state index contributed by atoms with van der Waals surface area (Å²) in [4.78, 5) is 4.63. The minimum absolute atomic E-state index is 0.577. The zero-order valence-corrected chi connectivity index (χ0v) is 15.6. The van der Waals surface area contributed by atoms with Crippen LogP contribution in [0.4, 0.5) is 0 Å². The van der Waals surface area contributed by atoms with Gasteiger partial charge in [-0.25, -0.2) is 17.9 Å². The first-order valence-electron chi connectivity index (χ1n) is 8.17. The fourth-order valence-corrected chi connectivity index (χ4v) is 3.33. The lowest BCUT2D eigenvalue weighted by Crippen LogP contribution is -2.09. The van der Waals surface area contributed by atoms with E-state index in [2.05, 4.69) is 15.2 Å². The Bertz CT molecular complexity index is 1210. The highest BCUT2D eigenvalue weighted by Crippen LogP contribution is 2.24. The Labute approximate surface area is 156 Å². The molecule has 4 aromatic rings. The molecule has 0 saturated carbocycles. The molecule has 0 N–H and O–H groups in total. The predicted octanol–water partition coefficient (Wildman–Crippen LogP) is 2.00. The fourth-order valence-electron chi connectivity index (χ4n) is 2.80. The molecule has 0 aliphatic carbocycles. The van der Waals surface area contributed by atoms with Crippen LogP contribution in [-0.2, 0) is 16.4 Å². The standard InChI is InChI=1S/C18H17N5O3S/c1-26-15-7-5-13(6-8-15)10-17-20-18-16(4-3-9-22(18)21-17)14-11-19-23(12-14)27(2,24)25/h3-9,11-12H,10H2,1-2H3. The van der Waals surface area contributed by atoms with Crippen molar-refractivity contribution < 1.29 is 13.2 Å². The number of pyridine rings is 1. The van der Waals surface area contributed by atoms with E-state index in [0.717, 1.165) is 27.2 Å². The van der Waals surface area contributed by atoms with Crippen molar-refractivity contribution in [1.82, 2.24) is 23.8 Å². The molecule has 1 aromatic carbocycles. The molecule has 0 radical (unpaired) electrons. The Morgan fingerprint density at radius 2 is 1.93 bits per heavy atom. The molecule has 27 heavy (non-hydrogen) atoms. The molecule has 0 aliphatic heterocycles. The zero-order chi connectivity index (χ0) is 19.0. The molecule has 0 amide bonds. The second-order valence-electron chi connectivity index (χ2n) is 6.11. The molecule has 3 aromatic heterocycles. The highest BCUT2D eigenvalue weighted by atomic mass is 32.2. The molecular weight excluding hydrogens is 366 g/mol. The topological polar surface area (TPSA) is 91.4 Å². The molecule has 9 heteroatoms. The summed E-state index contributed by atoms with van der Waals surface area (Å²) < 4.78 is 31.1. The number of aromatic nitrogens is 5. The summed E-state index contributed by atoms with van der Waals surface area (Å²) in [6.45, 7) is 0. The predicted molar refractivity (Wildman–Crippen MR) is 100 cm³/mol. The summed E-state index contributed by atoms with van der Waals surface area (Å²) >= 11 is 0. The van der Waals surface area contributed by atoms with Crippen molar-refractivity contribution in [1.29, 1.82) is 0 Å². The van der Waals surface area contributed by atoms with Crippen LogP contribution >= 0.6 is 0 Å². The molecule has 0 bridgehead atoms. The van der Waals surface area contributed by atoms with Gasteiger partial charge in [-0.15, -0.1) is 0 Å². The van der Waals surface area contributed by atoms with Gasteiger partial charge in [0.25, 0.3) is 10.0 Å². The summed E-state index contributed by atoms with van der Waals surface area (Å²) in [6.07, 6.45) is 6.48. The third-order valence-corrected chi connectivity index (χ3v) is 5.02. The third-order valence-electron chi connectivity index (χ3n) is 4.14. The van der Waals surface area contributed by atoms with Crippen LogP contribution in [-0.4, -0.2) is 45.6 Å². The van der Waals surface area contributed by atoms with Gasteiger partial charge in [-0.05, 0) is 29.8 Å². The molecule has 138 valence electrons. The van der Waals surface area contributed by atoms with Crippen molar-refractivity contribution in [3.05, 3.63) is 66.4 Å². The Morgan fingerprint density at radius 1 is 1.15 bits per heavy atom. The first-order chi connectivity index (χ1) is 12.9. The van der Waals surface area contributed by atoms with E-state index >= 15 is 0 Å². The van der Waals surface area contributed by atoms with Crippen molar-refractivity contribution in [2.24, 2.45) is 0 Å². The molecular formula is C18H17N5O3S. The van der Waals surface area contributed by atoms with E-state index in [1.165, 1.54) is 12.4 Å². The largest absolute Gasteiger partial charge is 0.497 e. The fraction of sp³-hybridized carbons (Fsp3) is 0.167. The Morgan fingerprint density at radius 3 is 2.59 bits per heavy atom. The van der Waals surface area contributed by atoms with Gasteiger partial charge in [-0.3, -0.25) is 0 Å². The minimum atomic E-state index is -3.43. The van der Waals surface area contributed by atoms with Crippen LogP contribution in [0.3, 0.4) is 0 Å². The van der Waals surface area contributed by atoms with Crippen molar-refractivity contribution in [2.45, 2.75) is 6.42 Å². The first-order valence-corrected chi connectivity index (χ1v) is 10.0. The van der Waals surface area contributed by atoms with Gasteiger partial charge in [0.1, 0.15) is 5.75 Å². The number of fused-ring (bicyclic) bond motifs is 1. The molecule has 0 saturated heterocycles. The van der Waals surface area contributed by atoms with Crippen molar-refractivity contribution in [3.8, 4) is 16.9 Å². The second kappa shape index (κ2) is 6.51. The number of nitrogens with zero attached hydrogens (tertiary/aromatic N) is 5. The maximum absolute atomic E-state index is 11.7. The quantitative estimate of drug-likeness (QED) is 0.523. The van der Waals surface area contributed by atoms with E-state index in [-0.39, 0.29) is 0 Å². The normalized spacial score (nSPS) is 11.8. The molecule has 0 unspecified atom stereocenters. The molecule has 4 rings (SSSR count). The van der Waals surface area contributed by atoms with Crippen LogP contribution in [0.15, 0.2) is 55.0 Å². The smallest absolute Gasteiger partial charge is 0.250 e. The van der Waals surface area contributed by atoms with Crippen LogP contribution in [0.1, 0.15) is 11.4 Å². The Kier molecular flexibility index (Phi) is 4.15. The maximum atomic E-state index is 11.7. The summed E-state index contributed by atoms with van der Waals surface area (Å²) in [5.74, 6) is 1.47. The van der Waals surface area contributed by atoms with Crippen molar-refractivity contribution in [2.75, 3.05) is 13.4 Å². The lowest BCUT2D eigenvalue weighted by molar-refractivity contribution is 0.414. The van der Waals surface area contributed by atoms with E-state index in [4.69, 9.17) is 4.74 Å². The van der Waals surface area contributed by atoms with Gasteiger partial charge >= 0.3 is 0 Å². The number of hydrogen-bond donors (Lipinski definition) is 0. The molecule has 0 spiro atoms. The van der Waals surface area contributed by atoms with E-state index in [0.29, 0.717) is 23.5 Å². The number of ether oxygens (including phenoxy) is 1. The number of rotatable bonds is 5. The van der Waals surface area contributed by atoms with Crippen molar-refractivity contribution in [3.63, 3.8) is 0 Å². The Hall–Kier alpha value is -3.20. The number of hydrogen-bond acceptors (Lipinski definition) is 6. The summed E-state index contributed by atoms with van der Waals surface area (Å²) in [6, 6.07) is 11.5. The SMILES string of the molecule is COc1ccc(Cc2nc3c(-c4cnn(S(C)(=O)=O)c4)cccn3n2)cc1. The van der Waals surface area contributed by atoms with E-state index in [9.17, 15) is 8.42 Å². The van der Waals surface area contributed by atoms with Gasteiger partial charge in [-0.1, -0.05) is 12.1 Å². The van der Waals surface area contributed by atoms with Crippen LogP contribution < -0.4 is 4.74 Å². The Balaban J connectivity index is 1.70. The van der Waals surface area contributed by atoms with E-state index in [1.807, 2.05) is 42.6 Å². The first kappa shape index (κ1) is 17.2. The van der Waals surface area contributed by atoms with Gasteiger partial charge < -0.3 is 4.74 Å². The van der Waals surface area contributed by atoms with Crippen LogP contribution in [0.5, 0.6) is 5.75 Å². The van der Waals surface area contributed by atoms with Gasteiger partial charge in [0.05, 0.1) is 25.8 Å². The number of benzene rings is 1. The molecule has 0 fully saturated rings. The lowest BCUT2D eigenvalue weighted by Gasteiger charge is -2.00. The molecule has 0 atom stereocenters. The maximum Gasteiger partial charge on any atom is 0.250 e. The monoisotopic (exact) mass is 383 g/mol. The van der Waals surface area contributed by atoms with Gasteiger partial charge in [0, 0.05) is 23.7 Å². The summed E-state index contributed by atoms with van der Waals surface area (Å²) in [5.41, 5.74) is 3.14. The van der Waals surface area contributed by atoms with Crippen LogP contribution in [0.2, 0.25) is 0 Å². The van der Waals surface area contributed by atoms with Crippen LogP contribution in [0, 0.1) is 0 Å². The van der Waals surface area contributed by atoms with Gasteiger partial charge in [0.2, 0.25) is 0 Å². The second-order valence-corrected chi connectivity index (χ2v) is 7.95. The van der Waals surface area contributed by atoms with E-state index < -0.39 is 10.0 Å². The average molecular weight is 383 g/mol. The van der Waals surface area contributed by atoms with E-state index in [1.54, 1.807) is 11.6 Å². The van der Waals surface area contributed by atoms with Gasteiger partial charge in [0.15, 0.2) is 11.5 Å². The summed E-state index contributed by atoms with van der Waals surface area (Å²) in [5, 5.41) is 8.44. The average Bonchev–Trinajstić information content (AvgIpc) is 3.28. The molecule has 8 nitrogen and oxygen atoms in total. The van der Waals surface area contributed by atoms with Crippen LogP contribution in [0.25, 0.3) is 16.8 Å². The highest BCUT2D eigenvalue weighted by molar-refractivity contribution is 7.89. The van der Waals surface area contributed by atoms with Crippen molar-refractivity contribution >= 4 is 15.7 Å². The molecule has 0 aliphatic rings. The third kappa shape index (κ3) is 3.41. The highest BCUT2D eigenvalue weighted by Gasteiger charge is 2.14. The lowest BCUT2D eigenvalue weighted by atomic mass is 10.1. The number of methoxy groups -OCH3 is 1. The summed E-state index contributed by atoms with van der Waals surface area (Å²) in [7, 11) is -1.80. The molecule has 3 heterocycles. The minimum Gasteiger partial charge on any atom is -0.497 e.